The highest BCUT2D eigenvalue weighted by molar-refractivity contribution is 5.84. The van der Waals surface area contributed by atoms with E-state index in [-0.39, 0.29) is 17.4 Å². The molecule has 0 aromatic heterocycles. The zero-order valence-electron chi connectivity index (χ0n) is 19.3. The van der Waals surface area contributed by atoms with E-state index in [1.54, 1.807) is 7.11 Å². The van der Waals surface area contributed by atoms with Crippen LogP contribution in [0.5, 0.6) is 0 Å². The molecule has 168 valence electrons. The fraction of sp³-hybridized carbons (Fsp3) is 0.917. The van der Waals surface area contributed by atoms with Crippen molar-refractivity contribution >= 4 is 11.9 Å². The van der Waals surface area contributed by atoms with Crippen LogP contribution >= 0.6 is 0 Å². The van der Waals surface area contributed by atoms with Crippen LogP contribution in [-0.2, 0) is 14.3 Å². The highest BCUT2D eigenvalue weighted by Gasteiger charge is 2.48. The number of carbonyl (C=O) groups is 2. The van der Waals surface area contributed by atoms with E-state index in [2.05, 4.69) is 33.0 Å². The normalized spacial score (nSPS) is 25.4. The number of nitrogens with one attached hydrogen (secondary N) is 1. The molecular weight excluding hydrogens is 366 g/mol. The number of hydrogen-bond acceptors (Lipinski definition) is 3. The van der Waals surface area contributed by atoms with Crippen LogP contribution in [0.15, 0.2) is 0 Å². The third-order valence-electron chi connectivity index (χ3n) is 7.20. The van der Waals surface area contributed by atoms with E-state index >= 15 is 0 Å². The molecule has 0 aromatic rings. The Morgan fingerprint density at radius 2 is 1.86 bits per heavy atom. The Balaban J connectivity index is 2.00. The van der Waals surface area contributed by atoms with Gasteiger partial charge in [0, 0.05) is 13.2 Å². The molecule has 0 aromatic carbocycles. The van der Waals surface area contributed by atoms with Crippen molar-refractivity contribution < 1.29 is 19.4 Å². The second-order valence-electron chi connectivity index (χ2n) is 10.6. The molecule has 0 bridgehead atoms. The molecule has 5 heteroatoms. The van der Waals surface area contributed by atoms with Crippen LogP contribution in [0.3, 0.4) is 0 Å². The van der Waals surface area contributed by atoms with E-state index in [4.69, 9.17) is 4.74 Å². The average molecular weight is 410 g/mol. The summed E-state index contributed by atoms with van der Waals surface area (Å²) in [6.07, 6.45) is 10.4. The van der Waals surface area contributed by atoms with E-state index in [0.717, 1.165) is 32.1 Å². The second-order valence-corrected chi connectivity index (χ2v) is 10.6. The molecule has 2 fully saturated rings. The fourth-order valence-corrected chi connectivity index (χ4v) is 5.10. The van der Waals surface area contributed by atoms with Gasteiger partial charge in [-0.3, -0.25) is 9.59 Å². The lowest BCUT2D eigenvalue weighted by Crippen LogP contribution is -2.44. The summed E-state index contributed by atoms with van der Waals surface area (Å²) in [6.45, 7) is 8.43. The third kappa shape index (κ3) is 6.70. The Hall–Kier alpha value is -1.10. The molecule has 2 aliphatic carbocycles. The SMILES string of the molecule is CCCCCC1CC1NC(=O)C1(CC(CC(OC)C(C)(C)C)C(=O)O)CCCC1. The van der Waals surface area contributed by atoms with Crippen molar-refractivity contribution in [2.24, 2.45) is 22.7 Å². The van der Waals surface area contributed by atoms with Crippen molar-refractivity contribution in [3.8, 4) is 0 Å². The quantitative estimate of drug-likeness (QED) is 0.436. The molecule has 0 saturated heterocycles. The molecule has 2 aliphatic rings. The van der Waals surface area contributed by atoms with Crippen molar-refractivity contribution in [1.29, 1.82) is 0 Å². The first-order chi connectivity index (χ1) is 13.6. The molecule has 1 amide bonds. The summed E-state index contributed by atoms with van der Waals surface area (Å²) in [5.74, 6) is -0.631. The number of amides is 1. The topological polar surface area (TPSA) is 75.6 Å². The van der Waals surface area contributed by atoms with E-state index in [0.29, 0.717) is 24.8 Å². The first-order valence-corrected chi connectivity index (χ1v) is 11.7. The summed E-state index contributed by atoms with van der Waals surface area (Å²) in [5, 5.41) is 13.2. The fourth-order valence-electron chi connectivity index (χ4n) is 5.10. The van der Waals surface area contributed by atoms with E-state index in [1.165, 1.54) is 25.7 Å². The predicted molar refractivity (Wildman–Crippen MR) is 116 cm³/mol. The van der Waals surface area contributed by atoms with Gasteiger partial charge in [-0.25, -0.2) is 0 Å². The molecule has 5 nitrogen and oxygen atoms in total. The number of aliphatic carboxylic acids is 1. The lowest BCUT2D eigenvalue weighted by Gasteiger charge is -2.35. The smallest absolute Gasteiger partial charge is 0.306 e. The van der Waals surface area contributed by atoms with Gasteiger partial charge in [-0.15, -0.1) is 0 Å². The lowest BCUT2D eigenvalue weighted by molar-refractivity contribution is -0.146. The van der Waals surface area contributed by atoms with Crippen LogP contribution in [0.1, 0.15) is 98.3 Å². The number of methoxy groups -OCH3 is 1. The first kappa shape index (κ1) is 24.2. The second kappa shape index (κ2) is 10.3. The number of unbranched alkanes of at least 4 members (excludes halogenated alkanes) is 2. The van der Waals surface area contributed by atoms with E-state index in [9.17, 15) is 14.7 Å². The number of rotatable bonds is 12. The van der Waals surface area contributed by atoms with Crippen LogP contribution < -0.4 is 5.32 Å². The minimum atomic E-state index is -0.806. The molecule has 0 radical (unpaired) electrons. The Bertz CT molecular complexity index is 548. The van der Waals surface area contributed by atoms with Gasteiger partial charge in [0.05, 0.1) is 17.4 Å². The summed E-state index contributed by atoms with van der Waals surface area (Å²) in [7, 11) is 1.65. The zero-order valence-corrected chi connectivity index (χ0v) is 19.3. The van der Waals surface area contributed by atoms with Crippen molar-refractivity contribution in [2.45, 2.75) is 110 Å². The Morgan fingerprint density at radius 3 is 2.38 bits per heavy atom. The van der Waals surface area contributed by atoms with E-state index in [1.807, 2.05) is 0 Å². The minimum absolute atomic E-state index is 0.106. The summed E-state index contributed by atoms with van der Waals surface area (Å²) >= 11 is 0. The van der Waals surface area contributed by atoms with Crippen molar-refractivity contribution in [3.05, 3.63) is 0 Å². The summed E-state index contributed by atoms with van der Waals surface area (Å²) in [4.78, 5) is 25.3. The van der Waals surface area contributed by atoms with Crippen LogP contribution in [0.4, 0.5) is 0 Å². The number of carbonyl (C=O) groups excluding carboxylic acids is 1. The Kier molecular flexibility index (Phi) is 8.57. The van der Waals surface area contributed by atoms with Crippen LogP contribution in [0, 0.1) is 22.7 Å². The minimum Gasteiger partial charge on any atom is -0.481 e. The van der Waals surface area contributed by atoms with Gasteiger partial charge in [-0.1, -0.05) is 59.8 Å². The van der Waals surface area contributed by atoms with Gasteiger partial charge < -0.3 is 15.2 Å². The molecule has 4 atom stereocenters. The number of carboxylic acids is 1. The Morgan fingerprint density at radius 1 is 1.21 bits per heavy atom. The molecule has 0 aliphatic heterocycles. The molecule has 29 heavy (non-hydrogen) atoms. The van der Waals surface area contributed by atoms with Crippen molar-refractivity contribution in [3.63, 3.8) is 0 Å². The first-order valence-electron chi connectivity index (χ1n) is 11.7. The molecule has 4 unspecified atom stereocenters. The molecular formula is C24H43NO4. The largest absolute Gasteiger partial charge is 0.481 e. The van der Waals surface area contributed by atoms with Crippen LogP contribution in [-0.4, -0.2) is 36.2 Å². The third-order valence-corrected chi connectivity index (χ3v) is 7.20. The highest BCUT2D eigenvalue weighted by Crippen LogP contribution is 2.46. The standard InChI is InChI=1S/C24H43NO4/c1-6-7-8-11-17-14-19(17)25-22(28)24(12-9-10-13-24)16-18(21(26)27)15-20(29-5)23(2,3)4/h17-20H,6-16H2,1-5H3,(H,25,28)(H,26,27). The number of carboxylic acid groups (broad SMARTS) is 1. The van der Waals surface area contributed by atoms with Crippen molar-refractivity contribution in [1.82, 2.24) is 5.32 Å². The van der Waals surface area contributed by atoms with Crippen LogP contribution in [0.2, 0.25) is 0 Å². The zero-order chi connectivity index (χ0) is 21.7. The molecule has 2 N–H and O–H groups in total. The Labute approximate surface area is 177 Å². The van der Waals surface area contributed by atoms with Crippen LogP contribution in [0.25, 0.3) is 0 Å². The average Bonchev–Trinajstić information content (AvgIpc) is 3.19. The maximum atomic E-state index is 13.3. The lowest BCUT2D eigenvalue weighted by atomic mass is 9.73. The molecule has 2 rings (SSSR count). The molecule has 2 saturated carbocycles. The molecule has 0 heterocycles. The maximum absolute atomic E-state index is 13.3. The summed E-state index contributed by atoms with van der Waals surface area (Å²) in [5.41, 5.74) is -0.650. The predicted octanol–water partition coefficient (Wildman–Crippen LogP) is 5.17. The summed E-state index contributed by atoms with van der Waals surface area (Å²) < 4.78 is 5.62. The van der Waals surface area contributed by atoms with Gasteiger partial charge in [0.2, 0.25) is 5.91 Å². The van der Waals surface area contributed by atoms with Gasteiger partial charge in [0.15, 0.2) is 0 Å². The van der Waals surface area contributed by atoms with Gasteiger partial charge in [0.25, 0.3) is 0 Å². The highest BCUT2D eigenvalue weighted by atomic mass is 16.5. The van der Waals surface area contributed by atoms with Gasteiger partial charge in [-0.2, -0.15) is 0 Å². The number of ether oxygens (including phenoxy) is 1. The van der Waals surface area contributed by atoms with Gasteiger partial charge >= 0.3 is 5.97 Å². The van der Waals surface area contributed by atoms with Gasteiger partial charge in [-0.05, 0) is 49.9 Å². The molecule has 0 spiro atoms. The van der Waals surface area contributed by atoms with Crippen molar-refractivity contribution in [2.75, 3.05) is 7.11 Å². The van der Waals surface area contributed by atoms with Gasteiger partial charge in [0.1, 0.15) is 0 Å². The number of hydrogen-bond donors (Lipinski definition) is 2. The van der Waals surface area contributed by atoms with E-state index < -0.39 is 17.3 Å². The summed E-state index contributed by atoms with van der Waals surface area (Å²) in [6, 6.07) is 0.307. The monoisotopic (exact) mass is 409 g/mol. The maximum Gasteiger partial charge on any atom is 0.306 e.